The van der Waals surface area contributed by atoms with E-state index in [1.807, 2.05) is 13.0 Å². The molecule has 4 atom stereocenters. The number of aromatic hydroxyl groups is 1. The Labute approximate surface area is 275 Å². The molecule has 252 valence electrons. The van der Waals surface area contributed by atoms with Gasteiger partial charge in [0.05, 0.1) is 41.4 Å². The van der Waals surface area contributed by atoms with Gasteiger partial charge in [-0.25, -0.2) is 4.90 Å². The molecular formula is C32H31BBrF6NO6. The highest BCUT2D eigenvalue weighted by Crippen LogP contribution is 2.52. The van der Waals surface area contributed by atoms with Crippen molar-refractivity contribution in [1.29, 1.82) is 0 Å². The first-order chi connectivity index (χ1) is 22.0. The van der Waals surface area contributed by atoms with Crippen molar-refractivity contribution in [2.75, 3.05) is 11.5 Å². The minimum atomic E-state index is -5.19. The third kappa shape index (κ3) is 7.18. The summed E-state index contributed by atoms with van der Waals surface area (Å²) in [6.45, 7) is 1.45. The van der Waals surface area contributed by atoms with E-state index in [-0.39, 0.29) is 24.6 Å². The van der Waals surface area contributed by atoms with Crippen LogP contribution in [0.15, 0.2) is 57.6 Å². The van der Waals surface area contributed by atoms with Gasteiger partial charge >= 0.3 is 19.5 Å². The molecule has 2 aromatic rings. The molecule has 0 unspecified atom stereocenters. The molecule has 15 heteroatoms. The molecule has 0 spiro atoms. The second-order valence-corrected chi connectivity index (χ2v) is 13.0. The van der Waals surface area contributed by atoms with Crippen LogP contribution in [0.1, 0.15) is 55.7 Å². The largest absolute Gasteiger partial charge is 0.507 e. The Morgan fingerprint density at radius 1 is 1.02 bits per heavy atom. The highest BCUT2D eigenvalue weighted by molar-refractivity contribution is 9.10. The van der Waals surface area contributed by atoms with Gasteiger partial charge in [0.25, 0.3) is 0 Å². The second kappa shape index (κ2) is 13.4. The Morgan fingerprint density at radius 2 is 1.68 bits per heavy atom. The fraction of sp³-hybridized carbons (Fsp3) is 0.438. The van der Waals surface area contributed by atoms with Gasteiger partial charge in [0.1, 0.15) is 5.75 Å². The fourth-order valence-corrected chi connectivity index (χ4v) is 7.38. The summed E-state index contributed by atoms with van der Waals surface area (Å²) in [7, 11) is -1.39. The lowest BCUT2D eigenvalue weighted by molar-refractivity contribution is -0.143. The van der Waals surface area contributed by atoms with Crippen LogP contribution in [0.3, 0.4) is 0 Å². The summed E-state index contributed by atoms with van der Waals surface area (Å²) in [5.74, 6) is -5.09. The Kier molecular flexibility index (Phi) is 10.0. The van der Waals surface area contributed by atoms with Crippen molar-refractivity contribution in [1.82, 2.24) is 0 Å². The molecule has 2 heterocycles. The summed E-state index contributed by atoms with van der Waals surface area (Å²) in [5, 5.41) is 31.4. The molecule has 0 aromatic heterocycles. The Balaban J connectivity index is 1.48. The topological polar surface area (TPSA) is 107 Å². The van der Waals surface area contributed by atoms with Crippen molar-refractivity contribution in [3.8, 4) is 5.75 Å². The van der Waals surface area contributed by atoms with Gasteiger partial charge in [0, 0.05) is 10.0 Å². The van der Waals surface area contributed by atoms with Crippen LogP contribution in [0.5, 0.6) is 5.75 Å². The number of hydrogen-bond donors (Lipinski definition) is 3. The van der Waals surface area contributed by atoms with Crippen LogP contribution < -0.4 is 4.90 Å². The lowest BCUT2D eigenvalue weighted by Crippen LogP contribution is -2.46. The minimum Gasteiger partial charge on any atom is -0.507 e. The lowest BCUT2D eigenvalue weighted by atomic mass is 9.58. The number of halogens is 7. The number of hydrogen-bond acceptors (Lipinski definition) is 6. The third-order valence-electron chi connectivity index (χ3n) is 8.98. The van der Waals surface area contributed by atoms with Crippen LogP contribution in [0.4, 0.5) is 32.0 Å². The molecular weight excluding hydrogens is 699 g/mol. The molecule has 47 heavy (non-hydrogen) atoms. The summed E-state index contributed by atoms with van der Waals surface area (Å²) in [5.41, 5.74) is -1.77. The quantitative estimate of drug-likeness (QED) is 0.115. The molecule has 2 amide bonds. The maximum atomic E-state index is 13.8. The van der Waals surface area contributed by atoms with Crippen LogP contribution in [0.2, 0.25) is 6.32 Å². The molecule has 2 aliphatic heterocycles. The van der Waals surface area contributed by atoms with Crippen LogP contribution in [0, 0.1) is 17.8 Å². The van der Waals surface area contributed by atoms with Crippen molar-refractivity contribution < 1.29 is 55.8 Å². The summed E-state index contributed by atoms with van der Waals surface area (Å²) < 4.78 is 88.3. The first-order valence-corrected chi connectivity index (χ1v) is 15.8. The van der Waals surface area contributed by atoms with Crippen LogP contribution in [0.25, 0.3) is 6.08 Å². The summed E-state index contributed by atoms with van der Waals surface area (Å²) in [6, 6.07) is 5.61. The first-order valence-electron chi connectivity index (χ1n) is 15.0. The molecule has 3 aliphatic rings. The monoisotopic (exact) mass is 729 g/mol. The number of aliphatic hydroxyl groups excluding tert-OH is 1. The van der Waals surface area contributed by atoms with Gasteiger partial charge in [-0.05, 0) is 85.5 Å². The number of carbonyl (C=O) groups excluding carboxylic acids is 2. The van der Waals surface area contributed by atoms with E-state index in [9.17, 15) is 51.2 Å². The van der Waals surface area contributed by atoms with Crippen molar-refractivity contribution in [2.24, 2.45) is 17.8 Å². The second-order valence-electron chi connectivity index (χ2n) is 12.0. The van der Waals surface area contributed by atoms with Crippen LogP contribution >= 0.6 is 15.9 Å². The van der Waals surface area contributed by atoms with E-state index in [1.165, 1.54) is 0 Å². The van der Waals surface area contributed by atoms with Gasteiger partial charge in [-0.15, -0.1) is 0 Å². The molecule has 2 fully saturated rings. The zero-order chi connectivity index (χ0) is 34.4. The highest BCUT2D eigenvalue weighted by Gasteiger charge is 2.58. The number of imide groups is 1. The van der Waals surface area contributed by atoms with Crippen LogP contribution in [-0.4, -0.2) is 46.9 Å². The van der Waals surface area contributed by atoms with E-state index in [0.717, 1.165) is 16.5 Å². The van der Waals surface area contributed by atoms with Gasteiger partial charge < -0.3 is 19.9 Å². The van der Waals surface area contributed by atoms with Crippen molar-refractivity contribution in [2.45, 2.75) is 63.8 Å². The lowest BCUT2D eigenvalue weighted by Gasteiger charge is -2.43. The van der Waals surface area contributed by atoms with Crippen LogP contribution in [-0.2, 0) is 26.6 Å². The van der Waals surface area contributed by atoms with Crippen molar-refractivity contribution in [3.05, 3.63) is 74.3 Å². The number of rotatable bonds is 8. The maximum Gasteiger partial charge on any atom is 0.455 e. The number of allylic oxidation sites excluding steroid dienone is 1. The van der Waals surface area contributed by atoms with E-state index in [0.29, 0.717) is 53.0 Å². The van der Waals surface area contributed by atoms with Gasteiger partial charge in [-0.2, -0.15) is 26.3 Å². The standard InChI is InChI=1S/C32H31BBrF6NO6/c1-2-3-16(8-17-9-21(34)5-6-25(17)43)4-7-26-27-18(15-42)10-23-28(24(27)14-33(46)47-26)30(45)41(29(23)44)22-12-19(31(35,36)37)11-20(13-22)32(38,39)40/h5-6,8-9,11-13,23-24,26,28,42-43,46H,2-4,7,10,14-15H2,1H3/b16-8+/t23-,24+,26-,28-/m1/s1. The number of phenols is 1. The number of fused-ring (bicyclic) bond motifs is 3. The Morgan fingerprint density at radius 3 is 2.28 bits per heavy atom. The predicted molar refractivity (Wildman–Crippen MR) is 164 cm³/mol. The van der Waals surface area contributed by atoms with Crippen molar-refractivity contribution >= 4 is 46.6 Å². The number of nitrogens with zero attached hydrogens (tertiary/aromatic N) is 1. The van der Waals surface area contributed by atoms with Gasteiger partial charge in [0.15, 0.2) is 0 Å². The van der Waals surface area contributed by atoms with Gasteiger partial charge in [-0.3, -0.25) is 9.59 Å². The first kappa shape index (κ1) is 35.2. The Hall–Kier alpha value is -3.14. The number of benzene rings is 2. The minimum absolute atomic E-state index is 0.0758. The molecule has 3 N–H and O–H groups in total. The summed E-state index contributed by atoms with van der Waals surface area (Å²) in [6.07, 6.45) is -7.47. The SMILES string of the molecule is CCC/C(=C\c1cc(Br)ccc1O)CC[C@H]1OB(O)C[C@H]2C1=C(CO)C[C@H]1C(=O)N(c3cc(C(F)(F)F)cc(C(F)(F)F)c3)C(=O)[C@H]12. The summed E-state index contributed by atoms with van der Waals surface area (Å²) in [4.78, 5) is 27.8. The van der Waals surface area contributed by atoms with Crippen molar-refractivity contribution in [3.63, 3.8) is 0 Å². The zero-order valence-corrected chi connectivity index (χ0v) is 26.6. The number of phenolic OH excluding ortho intramolecular Hbond substituents is 1. The number of anilines is 1. The van der Waals surface area contributed by atoms with E-state index < -0.39 is 78.6 Å². The molecule has 1 aliphatic carbocycles. The molecule has 2 saturated heterocycles. The molecule has 0 saturated carbocycles. The maximum absolute atomic E-state index is 13.8. The summed E-state index contributed by atoms with van der Waals surface area (Å²) >= 11 is 3.39. The number of carbonyl (C=O) groups is 2. The molecule has 7 nitrogen and oxygen atoms in total. The molecule has 0 radical (unpaired) electrons. The van der Waals surface area contributed by atoms with Gasteiger partial charge in [0.2, 0.25) is 11.8 Å². The van der Waals surface area contributed by atoms with E-state index in [1.54, 1.807) is 18.2 Å². The number of amides is 2. The molecule has 0 bridgehead atoms. The normalized spacial score (nSPS) is 23.8. The Bertz CT molecular complexity index is 1590. The average molecular weight is 730 g/mol. The third-order valence-corrected chi connectivity index (χ3v) is 9.47. The zero-order valence-electron chi connectivity index (χ0n) is 25.0. The van der Waals surface area contributed by atoms with E-state index in [4.69, 9.17) is 4.65 Å². The fourth-order valence-electron chi connectivity index (χ4n) is 7.00. The van der Waals surface area contributed by atoms with Gasteiger partial charge in [-0.1, -0.05) is 40.9 Å². The van der Waals surface area contributed by atoms with E-state index >= 15 is 0 Å². The predicted octanol–water partition coefficient (Wildman–Crippen LogP) is 7.15. The highest BCUT2D eigenvalue weighted by atomic mass is 79.9. The number of aliphatic hydroxyl groups is 1. The number of alkyl halides is 6. The molecule has 5 rings (SSSR count). The molecule has 2 aromatic carbocycles. The average Bonchev–Trinajstić information content (AvgIpc) is 3.25. The van der Waals surface area contributed by atoms with E-state index in [2.05, 4.69) is 15.9 Å². The smallest absolute Gasteiger partial charge is 0.455 e.